The molecule has 0 radical (unpaired) electrons. The molecule has 4 heterocycles. The number of hydrogen-bond donors (Lipinski definition) is 1. The first-order valence-corrected chi connectivity index (χ1v) is 12.4. The second-order valence-electron chi connectivity index (χ2n) is 8.31. The molecule has 0 aromatic carbocycles. The fraction of sp³-hybridized carbons (Fsp3) is 0.500. The molecule has 10 heteroatoms. The molecule has 7 atom stereocenters. The number of nitrogens with one attached hydrogen (secondary N) is 1. The number of aromatic nitrogens is 1. The number of rotatable bonds is 3. The van der Waals surface area contributed by atoms with E-state index in [-0.39, 0.29) is 64.0 Å². The molecule has 2 aliphatic heterocycles. The summed E-state index contributed by atoms with van der Waals surface area (Å²) in [5.41, 5.74) is 0. The van der Waals surface area contributed by atoms with Crippen molar-refractivity contribution in [2.75, 3.05) is 13.7 Å². The summed E-state index contributed by atoms with van der Waals surface area (Å²) in [5, 5.41) is 3.13. The third kappa shape index (κ3) is 2.38. The molecule has 6 rings (SSSR count). The maximum Gasteiger partial charge on any atom is 0.325 e. The Balaban J connectivity index is 1.42. The Morgan fingerprint density at radius 2 is 2.00 bits per heavy atom. The average Bonchev–Trinajstić information content (AvgIpc) is 3.52. The fourth-order valence-corrected chi connectivity index (χ4v) is 10.1. The highest BCUT2D eigenvalue weighted by Gasteiger charge is 2.69. The summed E-state index contributed by atoms with van der Waals surface area (Å²) in [6.45, 7) is -0.307. The van der Waals surface area contributed by atoms with Crippen molar-refractivity contribution in [3.63, 3.8) is 0 Å². The second kappa shape index (κ2) is 6.54. The summed E-state index contributed by atoms with van der Waals surface area (Å²) in [6, 6.07) is 4.12. The normalized spacial score (nSPS) is 36.0. The van der Waals surface area contributed by atoms with Crippen LogP contribution in [-0.2, 0) is 19.1 Å². The first-order valence-electron chi connectivity index (χ1n) is 9.84. The van der Waals surface area contributed by atoms with Gasteiger partial charge < -0.3 is 9.72 Å². The lowest BCUT2D eigenvalue weighted by Crippen LogP contribution is -2.42. The highest BCUT2D eigenvalue weighted by Crippen LogP contribution is 2.68. The van der Waals surface area contributed by atoms with Crippen molar-refractivity contribution in [2.24, 2.45) is 29.6 Å². The monoisotopic (exact) mass is 462 g/mol. The predicted octanol–water partition coefficient (Wildman–Crippen LogP) is 2.14. The minimum absolute atomic E-state index is 0.0574. The first-order chi connectivity index (χ1) is 14.5. The van der Waals surface area contributed by atoms with Gasteiger partial charge in [0.2, 0.25) is 11.8 Å². The Morgan fingerprint density at radius 3 is 2.70 bits per heavy atom. The van der Waals surface area contributed by atoms with Gasteiger partial charge in [0.1, 0.15) is 6.54 Å². The highest BCUT2D eigenvalue weighted by molar-refractivity contribution is 8.00. The maximum atomic E-state index is 13.2. The van der Waals surface area contributed by atoms with Gasteiger partial charge in [-0.05, 0) is 35.6 Å². The van der Waals surface area contributed by atoms with Crippen molar-refractivity contribution >= 4 is 52.2 Å². The van der Waals surface area contributed by atoms with Crippen LogP contribution in [-0.4, -0.2) is 46.6 Å². The summed E-state index contributed by atoms with van der Waals surface area (Å²) in [6.07, 6.45) is 0.849. The SMILES string of the molecule is COC(=O)CN1C(=O)[C@H]2[C@@H]3C[C@@H]([C@@H]2C1=O)[C@H]1[C@H](c2cccs2)c2sc(=O)[nH]c2S[C@H]31. The largest absolute Gasteiger partial charge is 0.468 e. The van der Waals surface area contributed by atoms with E-state index in [4.69, 9.17) is 0 Å². The summed E-state index contributed by atoms with van der Waals surface area (Å²) in [4.78, 5) is 56.5. The third-order valence-corrected chi connectivity index (χ3v) is 10.7. The van der Waals surface area contributed by atoms with Crippen molar-refractivity contribution in [1.82, 2.24) is 9.88 Å². The van der Waals surface area contributed by atoms with Gasteiger partial charge in [-0.15, -0.1) is 23.1 Å². The maximum absolute atomic E-state index is 13.2. The molecule has 30 heavy (non-hydrogen) atoms. The van der Waals surface area contributed by atoms with Crippen LogP contribution in [0.2, 0.25) is 0 Å². The number of thiophene rings is 1. The Bertz CT molecular complexity index is 1120. The van der Waals surface area contributed by atoms with Crippen LogP contribution in [0.25, 0.3) is 0 Å². The number of H-pyrrole nitrogens is 1. The van der Waals surface area contributed by atoms with Gasteiger partial charge in [0.15, 0.2) is 0 Å². The molecule has 2 bridgehead atoms. The van der Waals surface area contributed by atoms with Gasteiger partial charge in [0.05, 0.1) is 24.0 Å². The van der Waals surface area contributed by atoms with E-state index in [1.807, 2.05) is 11.4 Å². The zero-order chi connectivity index (χ0) is 20.7. The van der Waals surface area contributed by atoms with Crippen LogP contribution >= 0.6 is 34.4 Å². The van der Waals surface area contributed by atoms with E-state index in [1.165, 1.54) is 23.3 Å². The van der Waals surface area contributed by atoms with E-state index in [0.717, 1.165) is 21.2 Å². The molecular formula is C20H18N2O5S3. The zero-order valence-corrected chi connectivity index (χ0v) is 18.4. The topological polar surface area (TPSA) is 96.5 Å². The number of aromatic amines is 1. The number of methoxy groups -OCH3 is 1. The van der Waals surface area contributed by atoms with Crippen molar-refractivity contribution in [3.8, 4) is 0 Å². The first kappa shape index (κ1) is 18.8. The van der Waals surface area contributed by atoms with Crippen LogP contribution < -0.4 is 4.87 Å². The summed E-state index contributed by atoms with van der Waals surface area (Å²) in [7, 11) is 1.26. The lowest BCUT2D eigenvalue weighted by Gasteiger charge is -2.42. The molecule has 4 aliphatic rings. The molecule has 3 fully saturated rings. The van der Waals surface area contributed by atoms with Crippen molar-refractivity contribution in [3.05, 3.63) is 36.9 Å². The molecule has 7 nitrogen and oxygen atoms in total. The quantitative estimate of drug-likeness (QED) is 0.555. The van der Waals surface area contributed by atoms with E-state index in [0.29, 0.717) is 0 Å². The van der Waals surface area contributed by atoms with E-state index in [1.54, 1.807) is 23.1 Å². The zero-order valence-electron chi connectivity index (χ0n) is 15.9. The average molecular weight is 463 g/mol. The van der Waals surface area contributed by atoms with Crippen LogP contribution in [0.4, 0.5) is 0 Å². The predicted molar refractivity (Wildman–Crippen MR) is 112 cm³/mol. The van der Waals surface area contributed by atoms with E-state index >= 15 is 0 Å². The van der Waals surface area contributed by atoms with Crippen LogP contribution in [0.3, 0.4) is 0 Å². The lowest BCUT2D eigenvalue weighted by molar-refractivity contribution is -0.151. The van der Waals surface area contributed by atoms with E-state index in [2.05, 4.69) is 15.8 Å². The number of esters is 1. The van der Waals surface area contributed by atoms with Gasteiger partial charge in [0.25, 0.3) is 0 Å². The number of carbonyl (C=O) groups is 3. The number of nitrogens with zero attached hydrogens (tertiary/aromatic N) is 1. The van der Waals surface area contributed by atoms with E-state index in [9.17, 15) is 19.2 Å². The Labute approximate surface area is 183 Å². The smallest absolute Gasteiger partial charge is 0.325 e. The van der Waals surface area contributed by atoms with Crippen LogP contribution in [0.15, 0.2) is 27.3 Å². The van der Waals surface area contributed by atoms with Crippen LogP contribution in [0.5, 0.6) is 0 Å². The molecule has 156 valence electrons. The molecule has 2 aromatic heterocycles. The number of hydrogen-bond acceptors (Lipinski definition) is 8. The number of thioether (sulfide) groups is 1. The molecule has 0 spiro atoms. The molecule has 2 aromatic rings. The third-order valence-electron chi connectivity index (χ3n) is 7.18. The lowest BCUT2D eigenvalue weighted by atomic mass is 9.69. The van der Waals surface area contributed by atoms with Gasteiger partial charge in [-0.2, -0.15) is 0 Å². The number of thiazole rings is 1. The summed E-state index contributed by atoms with van der Waals surface area (Å²) < 4.78 is 4.68. The van der Waals surface area contributed by atoms with Crippen LogP contribution in [0.1, 0.15) is 22.1 Å². The van der Waals surface area contributed by atoms with Gasteiger partial charge in [-0.1, -0.05) is 17.4 Å². The molecule has 2 amide bonds. The standard InChI is InChI=1S/C20H18N2O5S3/c1-27-10(23)6-22-18(24)12-7-5-8(13(12)19(22)25)15-11(7)14(9-3-2-4-28-9)16-17(29-15)21-20(26)30-16/h2-4,7-8,11-15H,5-6H2,1H3,(H,21,26)/t7-,8+,11+,12+,13+,14+,15-/m1/s1. The highest BCUT2D eigenvalue weighted by atomic mass is 32.2. The number of likely N-dealkylation sites (tertiary alicyclic amines) is 1. The van der Waals surface area contributed by atoms with Crippen molar-refractivity contribution in [2.45, 2.75) is 22.6 Å². The van der Waals surface area contributed by atoms with Gasteiger partial charge in [-0.3, -0.25) is 24.1 Å². The molecular weight excluding hydrogens is 444 g/mol. The molecule has 0 unspecified atom stereocenters. The van der Waals surface area contributed by atoms with Gasteiger partial charge in [-0.25, -0.2) is 0 Å². The molecule has 2 saturated carbocycles. The fourth-order valence-electron chi connectivity index (χ4n) is 6.21. The van der Waals surface area contributed by atoms with Crippen LogP contribution in [0, 0.1) is 29.6 Å². The Kier molecular flexibility index (Phi) is 4.11. The summed E-state index contributed by atoms with van der Waals surface area (Å²) in [5.74, 6) is -1.35. The van der Waals surface area contributed by atoms with Crippen molar-refractivity contribution in [1.29, 1.82) is 0 Å². The number of amides is 2. The number of ether oxygens (including phenoxy) is 1. The van der Waals surface area contributed by atoms with Crippen molar-refractivity contribution < 1.29 is 19.1 Å². The number of fused-ring (bicyclic) bond motifs is 9. The minimum atomic E-state index is -0.577. The Hall–Kier alpha value is -1.91. The Morgan fingerprint density at radius 1 is 1.23 bits per heavy atom. The molecule has 1 N–H and O–H groups in total. The molecule has 1 saturated heterocycles. The van der Waals surface area contributed by atoms with Gasteiger partial charge >= 0.3 is 10.8 Å². The molecule has 2 aliphatic carbocycles. The second-order valence-corrected chi connectivity index (χ2v) is 11.5. The van der Waals surface area contributed by atoms with E-state index < -0.39 is 5.97 Å². The van der Waals surface area contributed by atoms with Gasteiger partial charge in [0, 0.05) is 20.9 Å². The summed E-state index contributed by atoms with van der Waals surface area (Å²) >= 11 is 4.61. The minimum Gasteiger partial charge on any atom is -0.468 e. The number of imide groups is 1. The number of carbonyl (C=O) groups excluding carboxylic acids is 3.